The van der Waals surface area contributed by atoms with Gasteiger partial charge in [-0.05, 0) is 36.1 Å². The lowest BCUT2D eigenvalue weighted by Crippen LogP contribution is -2.39. The standard InChI is InChI=1S/C19H21NO2/c1-22-17-11-9-16(10-12-17)18-8-5-13-20(19(18)21)14-15-6-3-2-4-7-15/h2-4,6-7,9-12,18H,5,8,13-14H2,1H3. The summed E-state index contributed by atoms with van der Waals surface area (Å²) in [6.45, 7) is 1.55. The van der Waals surface area contributed by atoms with Crippen molar-refractivity contribution in [3.05, 3.63) is 65.7 Å². The van der Waals surface area contributed by atoms with Crippen molar-refractivity contribution in [2.45, 2.75) is 25.3 Å². The van der Waals surface area contributed by atoms with E-state index in [1.807, 2.05) is 47.4 Å². The van der Waals surface area contributed by atoms with Crippen LogP contribution in [0.2, 0.25) is 0 Å². The van der Waals surface area contributed by atoms with Gasteiger partial charge < -0.3 is 9.64 Å². The van der Waals surface area contributed by atoms with Gasteiger partial charge >= 0.3 is 0 Å². The Morgan fingerprint density at radius 1 is 1.09 bits per heavy atom. The third-order valence-corrected chi connectivity index (χ3v) is 4.27. The van der Waals surface area contributed by atoms with Crippen molar-refractivity contribution in [3.8, 4) is 5.75 Å². The fourth-order valence-corrected chi connectivity index (χ4v) is 3.05. The van der Waals surface area contributed by atoms with Crippen LogP contribution in [0.3, 0.4) is 0 Å². The number of likely N-dealkylation sites (tertiary alicyclic amines) is 1. The van der Waals surface area contributed by atoms with Gasteiger partial charge in [-0.1, -0.05) is 42.5 Å². The Morgan fingerprint density at radius 3 is 2.50 bits per heavy atom. The predicted molar refractivity (Wildman–Crippen MR) is 86.8 cm³/mol. The lowest BCUT2D eigenvalue weighted by Gasteiger charge is -2.32. The summed E-state index contributed by atoms with van der Waals surface area (Å²) in [5.74, 6) is 1.04. The molecular formula is C19H21NO2. The molecule has 2 aromatic carbocycles. The Morgan fingerprint density at radius 2 is 1.82 bits per heavy atom. The highest BCUT2D eigenvalue weighted by molar-refractivity contribution is 5.84. The van der Waals surface area contributed by atoms with Crippen molar-refractivity contribution in [1.29, 1.82) is 0 Å². The van der Waals surface area contributed by atoms with E-state index in [9.17, 15) is 4.79 Å². The number of benzene rings is 2. The van der Waals surface area contributed by atoms with Crippen LogP contribution in [0.15, 0.2) is 54.6 Å². The summed E-state index contributed by atoms with van der Waals surface area (Å²) in [5.41, 5.74) is 2.27. The number of carbonyl (C=O) groups excluding carboxylic acids is 1. The molecule has 0 aromatic heterocycles. The van der Waals surface area contributed by atoms with Gasteiger partial charge in [-0.2, -0.15) is 0 Å². The summed E-state index contributed by atoms with van der Waals surface area (Å²) in [4.78, 5) is 14.8. The normalized spacial score (nSPS) is 18.3. The summed E-state index contributed by atoms with van der Waals surface area (Å²) >= 11 is 0. The van der Waals surface area contributed by atoms with E-state index in [4.69, 9.17) is 4.74 Å². The first kappa shape index (κ1) is 14.6. The Kier molecular flexibility index (Phi) is 4.42. The zero-order valence-electron chi connectivity index (χ0n) is 12.9. The zero-order valence-corrected chi connectivity index (χ0v) is 12.9. The van der Waals surface area contributed by atoms with E-state index in [1.54, 1.807) is 7.11 Å². The largest absolute Gasteiger partial charge is 0.497 e. The van der Waals surface area contributed by atoms with Crippen LogP contribution in [0, 0.1) is 0 Å². The van der Waals surface area contributed by atoms with Gasteiger partial charge in [-0.15, -0.1) is 0 Å². The van der Waals surface area contributed by atoms with Gasteiger partial charge in [0.25, 0.3) is 0 Å². The predicted octanol–water partition coefficient (Wildman–Crippen LogP) is 3.60. The Labute approximate surface area is 131 Å². The number of piperidine rings is 1. The van der Waals surface area contributed by atoms with Crippen LogP contribution < -0.4 is 4.74 Å². The number of methoxy groups -OCH3 is 1. The first-order valence-electron chi connectivity index (χ1n) is 7.74. The van der Waals surface area contributed by atoms with Gasteiger partial charge in [0.15, 0.2) is 0 Å². The zero-order chi connectivity index (χ0) is 15.4. The molecule has 1 amide bonds. The molecule has 0 aliphatic carbocycles. The van der Waals surface area contributed by atoms with Gasteiger partial charge in [0.05, 0.1) is 13.0 Å². The van der Waals surface area contributed by atoms with Gasteiger partial charge in [0.2, 0.25) is 5.91 Å². The number of hydrogen-bond donors (Lipinski definition) is 0. The monoisotopic (exact) mass is 295 g/mol. The minimum Gasteiger partial charge on any atom is -0.497 e. The average molecular weight is 295 g/mol. The molecule has 22 heavy (non-hydrogen) atoms. The quantitative estimate of drug-likeness (QED) is 0.862. The van der Waals surface area contributed by atoms with E-state index in [-0.39, 0.29) is 11.8 Å². The van der Waals surface area contributed by atoms with Gasteiger partial charge in [0, 0.05) is 13.1 Å². The minimum absolute atomic E-state index is 0.0247. The van der Waals surface area contributed by atoms with Gasteiger partial charge in [0.1, 0.15) is 5.75 Å². The van der Waals surface area contributed by atoms with Gasteiger partial charge in [-0.3, -0.25) is 4.79 Å². The van der Waals surface area contributed by atoms with Crippen molar-refractivity contribution in [2.24, 2.45) is 0 Å². The molecule has 1 fully saturated rings. The molecule has 1 unspecified atom stereocenters. The molecule has 0 bridgehead atoms. The third kappa shape index (κ3) is 3.14. The molecule has 1 heterocycles. The molecule has 0 spiro atoms. The SMILES string of the molecule is COc1ccc(C2CCCN(Cc3ccccc3)C2=O)cc1. The molecule has 1 saturated heterocycles. The van der Waals surface area contributed by atoms with E-state index < -0.39 is 0 Å². The Bertz CT molecular complexity index is 622. The maximum atomic E-state index is 12.8. The highest BCUT2D eigenvalue weighted by Crippen LogP contribution is 2.30. The lowest BCUT2D eigenvalue weighted by molar-refractivity contribution is -0.135. The topological polar surface area (TPSA) is 29.5 Å². The van der Waals surface area contributed by atoms with Crippen LogP contribution in [-0.2, 0) is 11.3 Å². The Balaban J connectivity index is 1.74. The summed E-state index contributed by atoms with van der Waals surface area (Å²) in [5, 5.41) is 0. The van der Waals surface area contributed by atoms with Crippen molar-refractivity contribution >= 4 is 5.91 Å². The smallest absolute Gasteiger partial charge is 0.230 e. The van der Waals surface area contributed by atoms with Crippen LogP contribution in [-0.4, -0.2) is 24.5 Å². The van der Waals surface area contributed by atoms with E-state index in [0.717, 1.165) is 30.7 Å². The molecule has 3 heteroatoms. The maximum Gasteiger partial charge on any atom is 0.230 e. The molecule has 1 aliphatic heterocycles. The van der Waals surface area contributed by atoms with Crippen LogP contribution >= 0.6 is 0 Å². The summed E-state index contributed by atoms with van der Waals surface area (Å²) < 4.78 is 5.19. The average Bonchev–Trinajstić information content (AvgIpc) is 2.58. The van der Waals surface area contributed by atoms with Crippen LogP contribution in [0.25, 0.3) is 0 Å². The molecule has 1 atom stereocenters. The van der Waals surface area contributed by atoms with E-state index in [2.05, 4.69) is 12.1 Å². The second-order valence-corrected chi connectivity index (χ2v) is 5.71. The molecule has 2 aromatic rings. The van der Waals surface area contributed by atoms with Crippen molar-refractivity contribution < 1.29 is 9.53 Å². The number of amides is 1. The summed E-state index contributed by atoms with van der Waals surface area (Å²) in [7, 11) is 1.66. The van der Waals surface area contributed by atoms with E-state index in [0.29, 0.717) is 6.54 Å². The van der Waals surface area contributed by atoms with Crippen molar-refractivity contribution in [2.75, 3.05) is 13.7 Å². The molecule has 3 rings (SSSR count). The van der Waals surface area contributed by atoms with E-state index in [1.165, 1.54) is 5.56 Å². The molecule has 1 aliphatic rings. The molecule has 114 valence electrons. The van der Waals surface area contributed by atoms with Crippen LogP contribution in [0.5, 0.6) is 5.75 Å². The van der Waals surface area contributed by atoms with Crippen LogP contribution in [0.4, 0.5) is 0 Å². The Hall–Kier alpha value is -2.29. The molecule has 0 saturated carbocycles. The number of nitrogens with zero attached hydrogens (tertiary/aromatic N) is 1. The van der Waals surface area contributed by atoms with Crippen molar-refractivity contribution in [1.82, 2.24) is 4.90 Å². The number of ether oxygens (including phenoxy) is 1. The number of hydrogen-bond acceptors (Lipinski definition) is 2. The third-order valence-electron chi connectivity index (χ3n) is 4.27. The first-order valence-corrected chi connectivity index (χ1v) is 7.74. The van der Waals surface area contributed by atoms with Crippen LogP contribution in [0.1, 0.15) is 29.9 Å². The fraction of sp³-hybridized carbons (Fsp3) is 0.316. The first-order chi connectivity index (χ1) is 10.8. The maximum absolute atomic E-state index is 12.8. The van der Waals surface area contributed by atoms with Gasteiger partial charge in [-0.25, -0.2) is 0 Å². The number of rotatable bonds is 4. The second kappa shape index (κ2) is 6.65. The molecule has 0 N–H and O–H groups in total. The highest BCUT2D eigenvalue weighted by Gasteiger charge is 2.29. The van der Waals surface area contributed by atoms with E-state index >= 15 is 0 Å². The van der Waals surface area contributed by atoms with Crippen molar-refractivity contribution in [3.63, 3.8) is 0 Å². The highest BCUT2D eigenvalue weighted by atomic mass is 16.5. The fourth-order valence-electron chi connectivity index (χ4n) is 3.05. The minimum atomic E-state index is -0.0247. The second-order valence-electron chi connectivity index (χ2n) is 5.71. The number of carbonyl (C=O) groups is 1. The molecule has 3 nitrogen and oxygen atoms in total. The molecule has 0 radical (unpaired) electrons. The summed E-state index contributed by atoms with van der Waals surface area (Å²) in [6.07, 6.45) is 1.98. The summed E-state index contributed by atoms with van der Waals surface area (Å²) in [6, 6.07) is 18.1. The molecular weight excluding hydrogens is 274 g/mol. The lowest BCUT2D eigenvalue weighted by atomic mass is 9.89.